The summed E-state index contributed by atoms with van der Waals surface area (Å²) in [5.74, 6) is -0.635. The van der Waals surface area contributed by atoms with Crippen molar-refractivity contribution in [2.75, 3.05) is 6.61 Å². The molecule has 0 aromatic heterocycles. The second kappa shape index (κ2) is 5.39. The van der Waals surface area contributed by atoms with Crippen molar-refractivity contribution < 1.29 is 19.4 Å². The van der Waals surface area contributed by atoms with Crippen molar-refractivity contribution in [1.29, 1.82) is 0 Å². The zero-order chi connectivity index (χ0) is 15.0. The van der Waals surface area contributed by atoms with Crippen molar-refractivity contribution in [3.63, 3.8) is 0 Å². The Bertz CT molecular complexity index is 571. The van der Waals surface area contributed by atoms with Crippen LogP contribution in [0.3, 0.4) is 0 Å². The standard InChI is InChI=1S/C16H19NO4/c1-10-3-2-4-12(7-10)21-9-15(18)17-11-5-6-14(17)13(8-11)16(19)20/h2-4,7,11,13-14H,5-6,8-9H2,1H3,(H,19,20). The number of hydrogen-bond acceptors (Lipinski definition) is 3. The molecule has 2 bridgehead atoms. The minimum absolute atomic E-state index is 0.0250. The van der Waals surface area contributed by atoms with Crippen LogP contribution in [-0.4, -0.2) is 40.6 Å². The number of hydrogen-bond donors (Lipinski definition) is 1. The average Bonchev–Trinajstić information content (AvgIpc) is 3.02. The van der Waals surface area contributed by atoms with Gasteiger partial charge in [-0.2, -0.15) is 0 Å². The van der Waals surface area contributed by atoms with Gasteiger partial charge < -0.3 is 14.7 Å². The maximum absolute atomic E-state index is 12.3. The lowest BCUT2D eigenvalue weighted by molar-refractivity contribution is -0.143. The van der Waals surface area contributed by atoms with E-state index < -0.39 is 11.9 Å². The van der Waals surface area contributed by atoms with Crippen LogP contribution in [0.5, 0.6) is 5.75 Å². The molecule has 3 unspecified atom stereocenters. The summed E-state index contributed by atoms with van der Waals surface area (Å²) < 4.78 is 5.54. The fraction of sp³-hybridized carbons (Fsp3) is 0.500. The minimum Gasteiger partial charge on any atom is -0.484 e. The molecule has 21 heavy (non-hydrogen) atoms. The van der Waals surface area contributed by atoms with Crippen LogP contribution in [0.2, 0.25) is 0 Å². The van der Waals surface area contributed by atoms with E-state index in [2.05, 4.69) is 0 Å². The van der Waals surface area contributed by atoms with Crippen molar-refractivity contribution in [1.82, 2.24) is 4.90 Å². The van der Waals surface area contributed by atoms with Crippen LogP contribution in [0, 0.1) is 12.8 Å². The van der Waals surface area contributed by atoms with Gasteiger partial charge in [-0.05, 0) is 43.9 Å². The van der Waals surface area contributed by atoms with E-state index in [1.807, 2.05) is 31.2 Å². The van der Waals surface area contributed by atoms with Crippen LogP contribution in [0.1, 0.15) is 24.8 Å². The highest BCUT2D eigenvalue weighted by molar-refractivity contribution is 5.81. The molecule has 2 fully saturated rings. The topological polar surface area (TPSA) is 66.8 Å². The number of ether oxygens (including phenoxy) is 1. The highest BCUT2D eigenvalue weighted by atomic mass is 16.5. The maximum Gasteiger partial charge on any atom is 0.308 e. The summed E-state index contributed by atoms with van der Waals surface area (Å²) in [4.78, 5) is 25.3. The van der Waals surface area contributed by atoms with Gasteiger partial charge in [-0.1, -0.05) is 12.1 Å². The van der Waals surface area contributed by atoms with Gasteiger partial charge in [0.2, 0.25) is 0 Å². The highest BCUT2D eigenvalue weighted by Crippen LogP contribution is 2.41. The van der Waals surface area contributed by atoms with Gasteiger partial charge in [-0.15, -0.1) is 0 Å². The molecular formula is C16H19NO4. The molecule has 0 radical (unpaired) electrons. The molecular weight excluding hydrogens is 270 g/mol. The normalized spacial score (nSPS) is 26.9. The summed E-state index contributed by atoms with van der Waals surface area (Å²) in [5.41, 5.74) is 1.08. The SMILES string of the molecule is Cc1cccc(OCC(=O)N2C3CCC2C(C(=O)O)C3)c1. The zero-order valence-electron chi connectivity index (χ0n) is 12.0. The van der Waals surface area contributed by atoms with Crippen molar-refractivity contribution in [3.05, 3.63) is 29.8 Å². The Hall–Kier alpha value is -2.04. The lowest BCUT2D eigenvalue weighted by atomic mass is 9.89. The third kappa shape index (κ3) is 2.60. The van der Waals surface area contributed by atoms with Gasteiger partial charge in [0.05, 0.1) is 5.92 Å². The number of rotatable bonds is 4. The molecule has 3 atom stereocenters. The van der Waals surface area contributed by atoms with Crippen LogP contribution in [-0.2, 0) is 9.59 Å². The van der Waals surface area contributed by atoms with E-state index >= 15 is 0 Å². The van der Waals surface area contributed by atoms with Gasteiger partial charge in [0.25, 0.3) is 5.91 Å². The second-order valence-electron chi connectivity index (χ2n) is 5.89. The maximum atomic E-state index is 12.3. The summed E-state index contributed by atoms with van der Waals surface area (Å²) in [6, 6.07) is 7.47. The summed E-state index contributed by atoms with van der Waals surface area (Å²) in [7, 11) is 0. The Morgan fingerprint density at radius 2 is 2.19 bits per heavy atom. The summed E-state index contributed by atoms with van der Waals surface area (Å²) in [6.07, 6.45) is 2.28. The first-order valence-corrected chi connectivity index (χ1v) is 7.29. The summed E-state index contributed by atoms with van der Waals surface area (Å²) in [6.45, 7) is 1.94. The van der Waals surface area contributed by atoms with Crippen molar-refractivity contribution in [3.8, 4) is 5.75 Å². The van der Waals surface area contributed by atoms with Gasteiger partial charge in [-0.25, -0.2) is 0 Å². The van der Waals surface area contributed by atoms with Gasteiger partial charge in [0.1, 0.15) is 5.75 Å². The average molecular weight is 289 g/mol. The van der Waals surface area contributed by atoms with Crippen molar-refractivity contribution >= 4 is 11.9 Å². The van der Waals surface area contributed by atoms with Crippen LogP contribution >= 0.6 is 0 Å². The van der Waals surface area contributed by atoms with E-state index in [1.54, 1.807) is 4.90 Å². The van der Waals surface area contributed by atoms with Crippen LogP contribution in [0.25, 0.3) is 0 Å². The third-order valence-electron chi connectivity index (χ3n) is 4.49. The Balaban J connectivity index is 1.63. The predicted octanol–water partition coefficient (Wildman–Crippen LogP) is 1.84. The number of aryl methyl sites for hydroxylation is 1. The van der Waals surface area contributed by atoms with E-state index in [1.165, 1.54) is 0 Å². The molecule has 3 rings (SSSR count). The number of carboxylic acids is 1. The lowest BCUT2D eigenvalue weighted by Gasteiger charge is -2.23. The molecule has 0 saturated carbocycles. The Labute approximate surface area is 123 Å². The number of benzene rings is 1. The van der Waals surface area contributed by atoms with E-state index in [0.29, 0.717) is 12.2 Å². The van der Waals surface area contributed by atoms with Gasteiger partial charge in [0.15, 0.2) is 6.61 Å². The minimum atomic E-state index is -0.792. The number of fused-ring (bicyclic) bond motifs is 2. The summed E-state index contributed by atoms with van der Waals surface area (Å²) in [5, 5.41) is 9.20. The van der Waals surface area contributed by atoms with Gasteiger partial charge in [-0.3, -0.25) is 9.59 Å². The molecule has 1 N–H and O–H groups in total. The molecule has 2 saturated heterocycles. The first-order valence-electron chi connectivity index (χ1n) is 7.29. The molecule has 112 valence electrons. The number of nitrogens with zero attached hydrogens (tertiary/aromatic N) is 1. The number of carbonyl (C=O) groups is 2. The first-order chi connectivity index (χ1) is 10.1. The Morgan fingerprint density at radius 3 is 2.86 bits per heavy atom. The monoisotopic (exact) mass is 289 g/mol. The van der Waals surface area contributed by atoms with Crippen LogP contribution in [0.15, 0.2) is 24.3 Å². The van der Waals surface area contributed by atoms with Crippen LogP contribution in [0.4, 0.5) is 0 Å². The molecule has 5 heteroatoms. The first kappa shape index (κ1) is 13.9. The molecule has 0 spiro atoms. The largest absolute Gasteiger partial charge is 0.484 e. The molecule has 1 amide bonds. The van der Waals surface area contributed by atoms with Crippen LogP contribution < -0.4 is 4.74 Å². The van der Waals surface area contributed by atoms with E-state index in [0.717, 1.165) is 18.4 Å². The molecule has 1 aromatic rings. The van der Waals surface area contributed by atoms with Gasteiger partial charge >= 0.3 is 5.97 Å². The molecule has 2 aliphatic heterocycles. The van der Waals surface area contributed by atoms with Crippen molar-refractivity contribution in [2.45, 2.75) is 38.3 Å². The Kier molecular flexibility index (Phi) is 3.57. The van der Waals surface area contributed by atoms with Crippen molar-refractivity contribution in [2.24, 2.45) is 5.92 Å². The van der Waals surface area contributed by atoms with E-state index in [9.17, 15) is 14.7 Å². The predicted molar refractivity (Wildman–Crippen MR) is 76.1 cm³/mol. The van der Waals surface area contributed by atoms with Gasteiger partial charge in [0, 0.05) is 12.1 Å². The molecule has 0 aliphatic carbocycles. The molecule has 5 nitrogen and oxygen atoms in total. The van der Waals surface area contributed by atoms with E-state index in [-0.39, 0.29) is 24.6 Å². The number of amides is 1. The molecule has 2 heterocycles. The lowest BCUT2D eigenvalue weighted by Crippen LogP contribution is -2.40. The Morgan fingerprint density at radius 1 is 1.38 bits per heavy atom. The number of carbonyl (C=O) groups excluding carboxylic acids is 1. The number of carboxylic acid groups (broad SMARTS) is 1. The number of aliphatic carboxylic acids is 1. The highest BCUT2D eigenvalue weighted by Gasteiger charge is 2.51. The smallest absolute Gasteiger partial charge is 0.308 e. The van der Waals surface area contributed by atoms with E-state index in [4.69, 9.17) is 4.74 Å². The quantitative estimate of drug-likeness (QED) is 0.918. The molecule has 2 aliphatic rings. The zero-order valence-corrected chi connectivity index (χ0v) is 12.0. The molecule has 1 aromatic carbocycles. The third-order valence-corrected chi connectivity index (χ3v) is 4.49. The fourth-order valence-corrected chi connectivity index (χ4v) is 3.57. The fourth-order valence-electron chi connectivity index (χ4n) is 3.57. The summed E-state index contributed by atoms with van der Waals surface area (Å²) >= 11 is 0. The second-order valence-corrected chi connectivity index (χ2v) is 5.89.